The molecule has 0 fully saturated rings. The van der Waals surface area contributed by atoms with Gasteiger partial charge in [0.2, 0.25) is 11.1 Å². The van der Waals surface area contributed by atoms with E-state index in [1.54, 1.807) is 9.58 Å². The van der Waals surface area contributed by atoms with Crippen LogP contribution in [0.15, 0.2) is 57.3 Å². The summed E-state index contributed by atoms with van der Waals surface area (Å²) >= 11 is 11.4. The third-order valence-corrected chi connectivity index (χ3v) is 8.47. The third-order valence-electron chi connectivity index (χ3n) is 6.63. The number of halogens is 2. The van der Waals surface area contributed by atoms with Crippen LogP contribution in [-0.4, -0.2) is 57.7 Å². The lowest BCUT2D eigenvalue weighted by Crippen LogP contribution is -2.34. The highest BCUT2D eigenvalue weighted by Gasteiger charge is 2.34. The van der Waals surface area contributed by atoms with Gasteiger partial charge in [0.25, 0.3) is 5.91 Å². The van der Waals surface area contributed by atoms with Crippen molar-refractivity contribution < 1.29 is 19.1 Å². The molecular weight excluding hydrogens is 630 g/mol. The first-order valence-corrected chi connectivity index (χ1v) is 15.5. The van der Waals surface area contributed by atoms with Crippen LogP contribution in [0.5, 0.6) is 11.5 Å². The van der Waals surface area contributed by atoms with Crippen molar-refractivity contribution in [2.45, 2.75) is 51.6 Å². The highest BCUT2D eigenvalue weighted by atomic mass is 79.9. The maximum absolute atomic E-state index is 12.9. The molecule has 2 heterocycles. The van der Waals surface area contributed by atoms with Crippen LogP contribution in [-0.2, 0) is 15.3 Å². The second-order valence-electron chi connectivity index (χ2n) is 9.28. The van der Waals surface area contributed by atoms with E-state index in [-0.39, 0.29) is 18.3 Å². The maximum Gasteiger partial charge on any atom is 0.260 e. The van der Waals surface area contributed by atoms with E-state index in [4.69, 9.17) is 31.2 Å². The number of aromatic nitrogens is 3. The number of nitrogens with one attached hydrogen (secondary N) is 1. The van der Waals surface area contributed by atoms with Crippen LogP contribution in [0, 0.1) is 0 Å². The first kappa shape index (κ1) is 30.9. The predicted molar refractivity (Wildman–Crippen MR) is 165 cm³/mol. The smallest absolute Gasteiger partial charge is 0.260 e. The Labute approximate surface area is 257 Å². The Kier molecular flexibility index (Phi) is 10.4. The number of carbonyl (C=O) groups excluding carboxylic acids is 2. The summed E-state index contributed by atoms with van der Waals surface area (Å²) in [7, 11) is 0. The Morgan fingerprint density at radius 2 is 1.90 bits per heavy atom. The molecule has 0 bridgehead atoms. The van der Waals surface area contributed by atoms with Gasteiger partial charge in [-0.25, -0.2) is 4.68 Å². The molecule has 1 aliphatic rings. The van der Waals surface area contributed by atoms with Gasteiger partial charge in [-0.3, -0.25) is 9.59 Å². The van der Waals surface area contributed by atoms with Crippen molar-refractivity contribution >= 4 is 56.9 Å². The molecule has 1 aliphatic heterocycles. The number of likely N-dealkylation sites (N-methyl/N-ethyl adjacent to an activating group) is 1. The average Bonchev–Trinajstić information content (AvgIpc) is 3.34. The Morgan fingerprint density at radius 1 is 1.17 bits per heavy atom. The van der Waals surface area contributed by atoms with Crippen LogP contribution in [0.1, 0.15) is 51.8 Å². The van der Waals surface area contributed by atoms with E-state index in [0.29, 0.717) is 68.8 Å². The van der Waals surface area contributed by atoms with E-state index < -0.39 is 6.04 Å². The summed E-state index contributed by atoms with van der Waals surface area (Å²) < 4.78 is 14.2. The minimum atomic E-state index is -0.562. The highest BCUT2D eigenvalue weighted by Crippen LogP contribution is 2.43. The SMILES string of the molecule is CCOc1cc(C2C(C(C)=O)=C(C)Nc3nc(SCc4ccccc4Cl)nn32)cc(Br)c1OCC(=O)N(CC)CC. The van der Waals surface area contributed by atoms with E-state index in [2.05, 4.69) is 21.2 Å². The number of ketones is 1. The Morgan fingerprint density at radius 3 is 2.56 bits per heavy atom. The normalized spacial score (nSPS) is 14.4. The number of nitrogens with zero attached hydrogens (tertiary/aromatic N) is 4. The highest BCUT2D eigenvalue weighted by molar-refractivity contribution is 9.10. The second-order valence-corrected chi connectivity index (χ2v) is 11.5. The lowest BCUT2D eigenvalue weighted by atomic mass is 9.93. The van der Waals surface area contributed by atoms with Gasteiger partial charge < -0.3 is 19.7 Å². The number of ether oxygens (including phenoxy) is 2. The van der Waals surface area contributed by atoms with Gasteiger partial charge in [-0.15, -0.1) is 5.10 Å². The summed E-state index contributed by atoms with van der Waals surface area (Å²) in [4.78, 5) is 31.9. The van der Waals surface area contributed by atoms with Gasteiger partial charge in [-0.2, -0.15) is 4.98 Å². The number of hydrogen-bond donors (Lipinski definition) is 1. The molecule has 1 atom stereocenters. The molecule has 0 spiro atoms. The number of rotatable bonds is 12. The topological polar surface area (TPSA) is 98.6 Å². The molecule has 1 amide bonds. The monoisotopic (exact) mass is 661 g/mol. The molecule has 41 heavy (non-hydrogen) atoms. The predicted octanol–water partition coefficient (Wildman–Crippen LogP) is 6.51. The van der Waals surface area contributed by atoms with E-state index in [9.17, 15) is 9.59 Å². The van der Waals surface area contributed by atoms with Crippen LogP contribution in [0.4, 0.5) is 5.95 Å². The molecule has 2 aromatic carbocycles. The lowest BCUT2D eigenvalue weighted by molar-refractivity contribution is -0.133. The van der Waals surface area contributed by atoms with Crippen LogP contribution in [0.3, 0.4) is 0 Å². The van der Waals surface area contributed by atoms with Crippen LogP contribution in [0.2, 0.25) is 5.02 Å². The van der Waals surface area contributed by atoms with Gasteiger partial charge in [0, 0.05) is 35.1 Å². The van der Waals surface area contributed by atoms with E-state index in [0.717, 1.165) is 11.1 Å². The Bertz CT molecular complexity index is 1470. The van der Waals surface area contributed by atoms with E-state index in [1.807, 2.05) is 64.1 Å². The van der Waals surface area contributed by atoms with Gasteiger partial charge in [0.1, 0.15) is 6.04 Å². The average molecular weight is 663 g/mol. The largest absolute Gasteiger partial charge is 0.490 e. The number of allylic oxidation sites excluding steroid dienone is 2. The Hall–Kier alpha value is -3.02. The van der Waals surface area contributed by atoms with Crippen molar-refractivity contribution in [2.24, 2.45) is 0 Å². The summed E-state index contributed by atoms with van der Waals surface area (Å²) in [5.41, 5.74) is 2.99. The number of thioether (sulfide) groups is 1. The van der Waals surface area contributed by atoms with Crippen molar-refractivity contribution in [3.05, 3.63) is 68.3 Å². The molecule has 0 saturated carbocycles. The first-order chi connectivity index (χ1) is 19.7. The lowest BCUT2D eigenvalue weighted by Gasteiger charge is -2.29. The van der Waals surface area contributed by atoms with Crippen LogP contribution < -0.4 is 14.8 Å². The molecule has 12 heteroatoms. The second kappa shape index (κ2) is 13.8. The first-order valence-electron chi connectivity index (χ1n) is 13.4. The molecule has 9 nitrogen and oxygen atoms in total. The fourth-order valence-corrected chi connectivity index (χ4v) is 6.35. The summed E-state index contributed by atoms with van der Waals surface area (Å²) in [6.45, 7) is 10.6. The molecule has 0 radical (unpaired) electrons. The summed E-state index contributed by atoms with van der Waals surface area (Å²) in [5.74, 6) is 1.79. The zero-order chi connectivity index (χ0) is 29.7. The minimum Gasteiger partial charge on any atom is -0.490 e. The molecule has 1 unspecified atom stereocenters. The van der Waals surface area contributed by atoms with Crippen molar-refractivity contribution in [1.82, 2.24) is 19.7 Å². The number of anilines is 1. The summed E-state index contributed by atoms with van der Waals surface area (Å²) in [6, 6.07) is 10.8. The third kappa shape index (κ3) is 6.90. The van der Waals surface area contributed by atoms with Crippen LogP contribution >= 0.6 is 39.3 Å². The van der Waals surface area contributed by atoms with Gasteiger partial charge >= 0.3 is 0 Å². The maximum atomic E-state index is 12.9. The van der Waals surface area contributed by atoms with Gasteiger partial charge in [-0.05, 0) is 79.9 Å². The fourth-order valence-electron chi connectivity index (χ4n) is 4.67. The number of Topliss-reactive ketones (excluding diaryl/α,β-unsaturated/α-hetero) is 1. The molecule has 0 saturated heterocycles. The number of carbonyl (C=O) groups is 2. The van der Waals surface area contributed by atoms with Crippen molar-refractivity contribution in [1.29, 1.82) is 0 Å². The Balaban J connectivity index is 1.70. The molecule has 3 aromatic rings. The van der Waals surface area contributed by atoms with Crippen molar-refractivity contribution in [3.63, 3.8) is 0 Å². The van der Waals surface area contributed by atoms with Gasteiger partial charge in [0.05, 0.1) is 11.1 Å². The zero-order valence-corrected chi connectivity index (χ0v) is 26.8. The summed E-state index contributed by atoms with van der Waals surface area (Å²) in [6.07, 6.45) is 0. The molecule has 218 valence electrons. The van der Waals surface area contributed by atoms with Crippen molar-refractivity contribution in [2.75, 3.05) is 31.6 Å². The van der Waals surface area contributed by atoms with Gasteiger partial charge in [0.15, 0.2) is 23.9 Å². The van der Waals surface area contributed by atoms with E-state index in [1.165, 1.54) is 18.7 Å². The molecule has 1 N–H and O–H groups in total. The van der Waals surface area contributed by atoms with Crippen molar-refractivity contribution in [3.8, 4) is 11.5 Å². The fraction of sp³-hybridized carbons (Fsp3) is 0.379. The van der Waals surface area contributed by atoms with E-state index >= 15 is 0 Å². The quantitative estimate of drug-likeness (QED) is 0.219. The molecule has 4 rings (SSSR count). The molecule has 1 aromatic heterocycles. The number of fused-ring (bicyclic) bond motifs is 1. The standard InChI is InChI=1S/C29H33BrClN5O4S/c1-6-35(7-2)24(38)15-40-27-21(30)13-20(14-23(27)39-8-3)26-25(18(5)37)17(4)32-28-33-29(34-36(26)28)41-16-19-11-9-10-12-22(19)31/h9-14,26H,6-8,15-16H2,1-5H3,(H,32,33,34). The minimum absolute atomic E-state index is 0.0920. The number of amides is 1. The zero-order valence-electron chi connectivity index (χ0n) is 23.7. The molecular formula is C29H33BrClN5O4S. The molecule has 0 aliphatic carbocycles. The number of hydrogen-bond acceptors (Lipinski definition) is 8. The summed E-state index contributed by atoms with van der Waals surface area (Å²) in [5, 5.41) is 9.26. The van der Waals surface area contributed by atoms with Gasteiger partial charge in [-0.1, -0.05) is 41.6 Å². The number of benzene rings is 2. The van der Waals surface area contributed by atoms with Crippen LogP contribution in [0.25, 0.3) is 0 Å².